The third kappa shape index (κ3) is 3.40. The molecule has 1 atom stereocenters. The summed E-state index contributed by atoms with van der Waals surface area (Å²) in [5, 5.41) is 3.10. The van der Waals surface area contributed by atoms with E-state index in [-0.39, 0.29) is 11.9 Å². The number of anilines is 3. The number of benzene rings is 2. The van der Waals surface area contributed by atoms with Gasteiger partial charge in [0, 0.05) is 17.4 Å². The summed E-state index contributed by atoms with van der Waals surface area (Å²) < 4.78 is 5.68. The van der Waals surface area contributed by atoms with E-state index in [2.05, 4.69) is 29.3 Å². The summed E-state index contributed by atoms with van der Waals surface area (Å²) >= 11 is 0. The van der Waals surface area contributed by atoms with Crippen LogP contribution in [0.5, 0.6) is 5.75 Å². The summed E-state index contributed by atoms with van der Waals surface area (Å²) in [6.45, 7) is 9.22. The Labute approximate surface area is 148 Å². The van der Waals surface area contributed by atoms with Gasteiger partial charge >= 0.3 is 0 Å². The Balaban J connectivity index is 1.83. The lowest BCUT2D eigenvalue weighted by Gasteiger charge is -2.35. The molecule has 5 heteroatoms. The fourth-order valence-electron chi connectivity index (χ4n) is 3.41. The lowest BCUT2D eigenvalue weighted by Crippen LogP contribution is -2.46. The van der Waals surface area contributed by atoms with Crippen molar-refractivity contribution in [2.75, 3.05) is 29.1 Å². The zero-order valence-corrected chi connectivity index (χ0v) is 15.2. The fourth-order valence-corrected chi connectivity index (χ4v) is 3.41. The first-order valence-corrected chi connectivity index (χ1v) is 8.54. The summed E-state index contributed by atoms with van der Waals surface area (Å²) in [4.78, 5) is 14.9. The smallest absolute Gasteiger partial charge is 0.246 e. The normalized spacial score (nSPS) is 14.5. The van der Waals surface area contributed by atoms with Crippen molar-refractivity contribution in [3.8, 4) is 5.75 Å². The number of rotatable bonds is 3. The van der Waals surface area contributed by atoms with Crippen molar-refractivity contribution in [3.63, 3.8) is 0 Å². The molecule has 2 aromatic carbocycles. The summed E-state index contributed by atoms with van der Waals surface area (Å²) in [5.74, 6) is 0.702. The molecule has 3 rings (SSSR count). The highest BCUT2D eigenvalue weighted by Crippen LogP contribution is 2.34. The van der Waals surface area contributed by atoms with Crippen LogP contribution in [0, 0.1) is 20.8 Å². The number of nitrogens with one attached hydrogen (secondary N) is 1. The van der Waals surface area contributed by atoms with Crippen molar-refractivity contribution in [2.24, 2.45) is 0 Å². The Morgan fingerprint density at radius 2 is 1.88 bits per heavy atom. The monoisotopic (exact) mass is 339 g/mol. The maximum absolute atomic E-state index is 12.9. The highest BCUT2D eigenvalue weighted by Gasteiger charge is 2.27. The Bertz CT molecular complexity index is 794. The van der Waals surface area contributed by atoms with Crippen molar-refractivity contribution in [3.05, 3.63) is 47.0 Å². The van der Waals surface area contributed by atoms with Crippen LogP contribution in [0.15, 0.2) is 30.3 Å². The number of nitrogens with zero attached hydrogens (tertiary/aromatic N) is 1. The molecule has 1 heterocycles. The number of aryl methyl sites for hydroxylation is 3. The van der Waals surface area contributed by atoms with Crippen molar-refractivity contribution in [1.82, 2.24) is 0 Å². The fraction of sp³-hybridized carbons (Fsp3) is 0.350. The summed E-state index contributed by atoms with van der Waals surface area (Å²) in [6.07, 6.45) is 0. The first-order chi connectivity index (χ1) is 11.9. The average molecular weight is 339 g/mol. The molecule has 0 aliphatic carbocycles. The summed E-state index contributed by atoms with van der Waals surface area (Å²) in [5.41, 5.74) is 11.6. The maximum Gasteiger partial charge on any atom is 0.246 e. The zero-order chi connectivity index (χ0) is 18.1. The number of nitrogens with two attached hydrogens (primary N) is 1. The lowest BCUT2D eigenvalue weighted by molar-refractivity contribution is -0.117. The van der Waals surface area contributed by atoms with Gasteiger partial charge in [-0.1, -0.05) is 17.7 Å². The number of fused-ring (bicyclic) bond motifs is 1. The predicted molar refractivity (Wildman–Crippen MR) is 102 cm³/mol. The van der Waals surface area contributed by atoms with E-state index in [0.29, 0.717) is 18.8 Å². The number of ether oxygens (including phenoxy) is 1. The molecule has 1 aliphatic heterocycles. The molecule has 1 unspecified atom stereocenters. The van der Waals surface area contributed by atoms with Crippen LogP contribution in [-0.2, 0) is 4.79 Å². The first-order valence-electron chi connectivity index (χ1n) is 8.54. The topological polar surface area (TPSA) is 67.6 Å². The number of nitrogen functional groups attached to an aromatic ring is 1. The maximum atomic E-state index is 12.9. The van der Waals surface area contributed by atoms with Gasteiger partial charge in [-0.25, -0.2) is 0 Å². The molecule has 0 saturated heterocycles. The van der Waals surface area contributed by atoms with Gasteiger partial charge in [0.1, 0.15) is 18.4 Å². The molecule has 0 aromatic heterocycles. The molecule has 0 saturated carbocycles. The molecule has 0 radical (unpaired) electrons. The van der Waals surface area contributed by atoms with Gasteiger partial charge in [-0.2, -0.15) is 0 Å². The van der Waals surface area contributed by atoms with Gasteiger partial charge in [0.15, 0.2) is 0 Å². The lowest BCUT2D eigenvalue weighted by atomic mass is 10.0. The average Bonchev–Trinajstić information content (AvgIpc) is 2.56. The predicted octanol–water partition coefficient (Wildman–Crippen LogP) is 3.42. The van der Waals surface area contributed by atoms with Gasteiger partial charge < -0.3 is 20.7 Å². The second-order valence-corrected chi connectivity index (χ2v) is 6.71. The van der Waals surface area contributed by atoms with E-state index >= 15 is 0 Å². The van der Waals surface area contributed by atoms with Gasteiger partial charge in [0.05, 0.1) is 12.2 Å². The molecule has 0 fully saturated rings. The number of amides is 1. The summed E-state index contributed by atoms with van der Waals surface area (Å²) in [6, 6.07) is 9.40. The van der Waals surface area contributed by atoms with Crippen LogP contribution in [0.3, 0.4) is 0 Å². The van der Waals surface area contributed by atoms with Crippen LogP contribution in [0.4, 0.5) is 17.1 Å². The Morgan fingerprint density at radius 1 is 1.20 bits per heavy atom. The van der Waals surface area contributed by atoms with Gasteiger partial charge in [0.25, 0.3) is 0 Å². The third-order valence-corrected chi connectivity index (χ3v) is 4.66. The van der Waals surface area contributed by atoms with Crippen LogP contribution < -0.4 is 20.7 Å². The van der Waals surface area contributed by atoms with Gasteiger partial charge in [-0.05, 0) is 51.0 Å². The number of carbonyl (C=O) groups is 1. The minimum atomic E-state index is -0.314. The van der Waals surface area contributed by atoms with Crippen LogP contribution >= 0.6 is 0 Å². The van der Waals surface area contributed by atoms with E-state index in [9.17, 15) is 4.79 Å². The third-order valence-electron chi connectivity index (χ3n) is 4.66. The minimum Gasteiger partial charge on any atom is -0.489 e. The number of carbonyl (C=O) groups excluding carboxylic acids is 1. The van der Waals surface area contributed by atoms with Gasteiger partial charge in [0.2, 0.25) is 5.91 Å². The van der Waals surface area contributed by atoms with Crippen LogP contribution in [0.2, 0.25) is 0 Å². The van der Waals surface area contributed by atoms with E-state index in [4.69, 9.17) is 10.5 Å². The van der Waals surface area contributed by atoms with Crippen LogP contribution in [-0.4, -0.2) is 25.1 Å². The number of hydrogen-bond acceptors (Lipinski definition) is 4. The Morgan fingerprint density at radius 3 is 2.56 bits per heavy atom. The van der Waals surface area contributed by atoms with E-state index < -0.39 is 0 Å². The molecule has 3 N–H and O–H groups in total. The molecule has 1 amide bonds. The second-order valence-electron chi connectivity index (χ2n) is 6.71. The molecular formula is C20H25N3O2. The molecule has 0 spiro atoms. The molecular weight excluding hydrogens is 314 g/mol. The van der Waals surface area contributed by atoms with E-state index in [1.807, 2.05) is 32.9 Å². The van der Waals surface area contributed by atoms with Crippen molar-refractivity contribution in [2.45, 2.75) is 33.7 Å². The quantitative estimate of drug-likeness (QED) is 0.841. The van der Waals surface area contributed by atoms with Crippen molar-refractivity contribution < 1.29 is 9.53 Å². The van der Waals surface area contributed by atoms with Crippen molar-refractivity contribution >= 4 is 23.0 Å². The molecule has 0 bridgehead atoms. The standard InChI is InChI=1S/C20H25N3O2/c1-12-9-13(2)19(14(3)10-12)22-20(24)15(4)23-7-8-25-18-11-16(21)5-6-17(18)23/h5-6,9-11,15H,7-8,21H2,1-4H3,(H,22,24). The van der Waals surface area contributed by atoms with E-state index in [1.165, 1.54) is 5.56 Å². The SMILES string of the molecule is Cc1cc(C)c(NC(=O)C(C)N2CCOc3cc(N)ccc32)c(C)c1. The van der Waals surface area contributed by atoms with E-state index in [1.54, 1.807) is 6.07 Å². The molecule has 5 nitrogen and oxygen atoms in total. The van der Waals surface area contributed by atoms with E-state index in [0.717, 1.165) is 28.3 Å². The zero-order valence-electron chi connectivity index (χ0n) is 15.2. The molecule has 132 valence electrons. The molecule has 25 heavy (non-hydrogen) atoms. The molecule has 1 aliphatic rings. The van der Waals surface area contributed by atoms with Crippen LogP contribution in [0.1, 0.15) is 23.6 Å². The minimum absolute atomic E-state index is 0.0280. The second kappa shape index (κ2) is 6.67. The van der Waals surface area contributed by atoms with Gasteiger partial charge in [-0.15, -0.1) is 0 Å². The Kier molecular flexibility index (Phi) is 4.57. The highest BCUT2D eigenvalue weighted by molar-refractivity contribution is 5.98. The number of hydrogen-bond donors (Lipinski definition) is 2. The van der Waals surface area contributed by atoms with Crippen LogP contribution in [0.25, 0.3) is 0 Å². The largest absolute Gasteiger partial charge is 0.489 e. The highest BCUT2D eigenvalue weighted by atomic mass is 16.5. The Hall–Kier alpha value is -2.69. The van der Waals surface area contributed by atoms with Crippen molar-refractivity contribution in [1.29, 1.82) is 0 Å². The van der Waals surface area contributed by atoms with Gasteiger partial charge in [-0.3, -0.25) is 4.79 Å². The molecule has 2 aromatic rings. The first kappa shape index (κ1) is 17.1. The summed E-state index contributed by atoms with van der Waals surface area (Å²) in [7, 11) is 0.